The third-order valence-electron chi connectivity index (χ3n) is 33.4. The highest BCUT2D eigenvalue weighted by Gasteiger charge is 2.75. The molecule has 3 heterocycles. The molecule has 0 amide bonds. The largest absolute Gasteiger partial charge is 0.481 e. The van der Waals surface area contributed by atoms with Crippen molar-refractivity contribution in [3.05, 3.63) is 100 Å². The smallest absolute Gasteiger partial charge is 0.310 e. The Bertz CT molecular complexity index is 4260. The van der Waals surface area contributed by atoms with Gasteiger partial charge in [0.1, 0.15) is 35.3 Å². The molecule has 107 heavy (non-hydrogen) atoms. The Morgan fingerprint density at radius 1 is 0.692 bits per heavy atom. The molecule has 1 aromatic carbocycles. The van der Waals surface area contributed by atoms with Gasteiger partial charge in [-0.25, -0.2) is 9.38 Å². The molecule has 0 bridgehead atoms. The number of aromatic nitrogens is 1. The predicted octanol–water partition coefficient (Wildman–Crippen LogP) is 19.5. The first-order chi connectivity index (χ1) is 50.1. The van der Waals surface area contributed by atoms with Crippen LogP contribution in [0.5, 0.6) is 0 Å². The monoisotopic (exact) mass is 1470 g/mol. The van der Waals surface area contributed by atoms with E-state index in [0.29, 0.717) is 72.1 Å². The number of nitrogens with zero attached hydrogens (tertiary/aromatic N) is 3. The highest BCUT2D eigenvalue weighted by Crippen LogP contribution is 2.80. The molecule has 9 saturated carbocycles. The molecule has 0 radical (unpaired) electrons. The molecule has 12 aliphatic rings. The predicted molar refractivity (Wildman–Crippen MR) is 411 cm³/mol. The summed E-state index contributed by atoms with van der Waals surface area (Å²) in [5.74, 6) is 0.101. The van der Waals surface area contributed by atoms with Crippen LogP contribution in [0.3, 0.4) is 0 Å². The van der Waals surface area contributed by atoms with E-state index >= 15 is 4.39 Å². The Kier molecular flexibility index (Phi) is 18.8. The van der Waals surface area contributed by atoms with Gasteiger partial charge in [0.05, 0.1) is 52.8 Å². The zero-order chi connectivity index (χ0) is 77.3. The number of ketones is 2. The van der Waals surface area contributed by atoms with E-state index < -0.39 is 62.9 Å². The van der Waals surface area contributed by atoms with E-state index in [2.05, 4.69) is 114 Å². The molecule has 1 aromatic heterocycles. The number of allylic oxidation sites excluding steroid dienone is 1. The second kappa shape index (κ2) is 26.2. The lowest BCUT2D eigenvalue weighted by atomic mass is 9.32. The number of pyridine rings is 1. The normalized spacial score (nSPS) is 39.3. The fourth-order valence-electron chi connectivity index (χ4n) is 27.7. The van der Waals surface area contributed by atoms with Gasteiger partial charge in [-0.3, -0.25) is 38.7 Å². The van der Waals surface area contributed by atoms with Crippen molar-refractivity contribution in [2.45, 2.75) is 265 Å². The van der Waals surface area contributed by atoms with Crippen LogP contribution < -0.4 is 0 Å². The molecule has 19 unspecified atom stereocenters. The summed E-state index contributed by atoms with van der Waals surface area (Å²) in [5, 5.41) is 21.0. The number of halogens is 1. The summed E-state index contributed by atoms with van der Waals surface area (Å²) in [5.41, 5.74) is 1.93. The molecule has 10 aliphatic carbocycles. The number of fused-ring (bicyclic) bond motifs is 14. The highest BCUT2D eigenvalue weighted by atomic mass is 19.1. The van der Waals surface area contributed by atoms with Crippen LogP contribution in [0.1, 0.15) is 269 Å². The number of benzene rings is 1. The molecule has 2 N–H and O–H groups in total. The average Bonchev–Trinajstić information content (AvgIpc) is 1.67. The molecular weight excluding hydrogens is 1350 g/mol. The molecule has 2 aliphatic heterocycles. The van der Waals surface area contributed by atoms with Crippen molar-refractivity contribution in [2.75, 3.05) is 6.54 Å². The minimum absolute atomic E-state index is 0.0438. The summed E-state index contributed by atoms with van der Waals surface area (Å²) in [6.07, 6.45) is 20.3. The Labute approximate surface area is 634 Å². The molecule has 2 aromatic rings. The minimum atomic E-state index is -1.62. The standard InChI is InChI=1S/C91H120FN3O12/c1-19-53-21-25-59(95-50-53)63-33-43-94-77(105-63)91-41-39-87(16)57(75(91)73(52(4)5)61(97)47-91)23-27-67-85(14)35-31-69(82(10,11)65(85)29-37-89(67,87)18)107-71(99)49-83(12,79(102)103)45-54-20-24-58(92)55(44-54)62-32-42-93-76(104-62)90-40-38-86(15)56(74(90)72(51(2)3)60(96)46-90)22-26-66-84(13)34-30-68(106-70(98)48-80(6,7)78(100)101)81(8,9)64(84)28-36-88(66,86)17/h19-21,24-25,32,43-44,50-52,56-57,64-69,73,75H,1,22-23,26-31,34-42,45-49H2,2-18H3,(H,100,101)(H,102,103). The Balaban J connectivity index is 0.649. The van der Waals surface area contributed by atoms with Gasteiger partial charge >= 0.3 is 23.9 Å². The Morgan fingerprint density at radius 2 is 1.31 bits per heavy atom. The summed E-state index contributed by atoms with van der Waals surface area (Å²) < 4.78 is 43.4. The number of carboxylic acids is 2. The first kappa shape index (κ1) is 76.9. The number of aliphatic carboxylic acids is 2. The van der Waals surface area contributed by atoms with E-state index in [1.807, 2.05) is 12.1 Å². The van der Waals surface area contributed by atoms with E-state index in [9.17, 15) is 39.0 Å². The zero-order valence-electron chi connectivity index (χ0n) is 67.1. The fourth-order valence-corrected chi connectivity index (χ4v) is 27.7. The summed E-state index contributed by atoms with van der Waals surface area (Å²) in [6.45, 7) is 41.6. The van der Waals surface area contributed by atoms with Crippen LogP contribution in [0.25, 0.3) is 17.6 Å². The van der Waals surface area contributed by atoms with Crippen molar-refractivity contribution in [1.82, 2.24) is 4.98 Å². The van der Waals surface area contributed by atoms with E-state index in [1.165, 1.54) is 6.07 Å². The van der Waals surface area contributed by atoms with Crippen LogP contribution >= 0.6 is 0 Å². The lowest BCUT2D eigenvalue weighted by Crippen LogP contribution is -2.67. The number of rotatable bonds is 17. The number of aliphatic imine (C=N–C) groups is 2. The van der Waals surface area contributed by atoms with Gasteiger partial charge < -0.3 is 29.2 Å². The van der Waals surface area contributed by atoms with Crippen LogP contribution in [-0.4, -0.2) is 81.2 Å². The number of esters is 2. The van der Waals surface area contributed by atoms with Gasteiger partial charge in [-0.1, -0.05) is 127 Å². The van der Waals surface area contributed by atoms with Gasteiger partial charge in [0.25, 0.3) is 0 Å². The molecule has 15 nitrogen and oxygen atoms in total. The molecule has 14 rings (SSSR count). The van der Waals surface area contributed by atoms with Gasteiger partial charge in [0.2, 0.25) is 11.8 Å². The lowest BCUT2D eigenvalue weighted by Gasteiger charge is -2.72. The second-order valence-electron chi connectivity index (χ2n) is 40.3. The second-order valence-corrected chi connectivity index (χ2v) is 40.3. The number of carbonyl (C=O) groups excluding carboxylic acids is 4. The quantitative estimate of drug-likeness (QED) is 0.111. The maximum Gasteiger partial charge on any atom is 0.310 e. The van der Waals surface area contributed by atoms with Crippen LogP contribution in [0, 0.1) is 130 Å². The summed E-state index contributed by atoms with van der Waals surface area (Å²) in [6, 6.07) is 8.48. The van der Waals surface area contributed by atoms with Crippen LogP contribution in [0.4, 0.5) is 4.39 Å². The lowest BCUT2D eigenvalue weighted by molar-refractivity contribution is -0.248. The van der Waals surface area contributed by atoms with E-state index in [0.717, 1.165) is 100 Å². The van der Waals surface area contributed by atoms with Gasteiger partial charge in [-0.15, -0.1) is 0 Å². The third kappa shape index (κ3) is 11.5. The van der Waals surface area contributed by atoms with Crippen molar-refractivity contribution < 1.29 is 62.3 Å². The van der Waals surface area contributed by atoms with Gasteiger partial charge in [-0.05, 0) is 262 Å². The number of carbonyl (C=O) groups is 6. The van der Waals surface area contributed by atoms with Crippen LogP contribution in [-0.2, 0) is 54.1 Å². The molecule has 16 heteroatoms. The minimum Gasteiger partial charge on any atom is -0.481 e. The fraction of sp³-hybridized carbons (Fsp3) is 0.692. The SMILES string of the molecule is C=Cc1ccc(C2=C=CN=C(C34CCC5(C)C(CCC6C7(C)CCC(OC(=O)CC(C)(Cc8ccc(F)c(C9=CCN=C(C%10%11CCC%12(C)C(CCC%13C%14(C)CCC(OC(=O)CC(C)(C)C(=O)O)C(C)(C)C%14CCC%13%12C)C%10=C(C(C)C)C(=O)C%11)O9)c8)C(=O)O)C(C)(C)C7CCC65C)C3C(C(C)C)C(=O)C4)O2)nc1. The summed E-state index contributed by atoms with van der Waals surface area (Å²) >= 11 is 0. The van der Waals surface area contributed by atoms with Crippen molar-refractivity contribution in [2.24, 2.45) is 134 Å². The van der Waals surface area contributed by atoms with Gasteiger partial charge in [0.15, 0.2) is 11.5 Å². The number of carboxylic acid groups (broad SMARTS) is 2. The van der Waals surface area contributed by atoms with Gasteiger partial charge in [0, 0.05) is 35.8 Å². The third-order valence-corrected chi connectivity index (χ3v) is 33.4. The van der Waals surface area contributed by atoms with Crippen molar-refractivity contribution in [1.29, 1.82) is 0 Å². The van der Waals surface area contributed by atoms with E-state index in [4.69, 9.17) is 28.9 Å². The number of hydrogen-bond donors (Lipinski definition) is 2. The average molecular weight is 1470 g/mol. The van der Waals surface area contributed by atoms with Crippen molar-refractivity contribution in [3.63, 3.8) is 0 Å². The highest BCUT2D eigenvalue weighted by molar-refractivity contribution is 6.08. The number of Topliss-reactive ketones (excluding diaryl/α,β-unsaturated/α-hetero) is 2. The first-order valence-electron chi connectivity index (χ1n) is 40.7. The number of ether oxygens (including phenoxy) is 4. The Morgan fingerprint density at radius 3 is 1.90 bits per heavy atom. The molecule has 578 valence electrons. The maximum atomic E-state index is 16.7. The van der Waals surface area contributed by atoms with Crippen LogP contribution in [0.2, 0.25) is 0 Å². The number of hydrogen-bond acceptors (Lipinski definition) is 13. The summed E-state index contributed by atoms with van der Waals surface area (Å²) in [7, 11) is 0. The molecular formula is C91H120FN3O12. The van der Waals surface area contributed by atoms with Crippen LogP contribution in [0.15, 0.2) is 82.2 Å². The first-order valence-corrected chi connectivity index (χ1v) is 40.7. The zero-order valence-corrected chi connectivity index (χ0v) is 67.1. The molecule has 9 fully saturated rings. The van der Waals surface area contributed by atoms with E-state index in [1.54, 1.807) is 57.5 Å². The maximum absolute atomic E-state index is 16.7. The molecule has 19 atom stereocenters. The van der Waals surface area contributed by atoms with Crippen molar-refractivity contribution >= 4 is 64.8 Å². The summed E-state index contributed by atoms with van der Waals surface area (Å²) in [4.78, 5) is 98.0. The van der Waals surface area contributed by atoms with E-state index in [-0.39, 0.29) is 141 Å². The van der Waals surface area contributed by atoms with Gasteiger partial charge in [-0.2, -0.15) is 0 Å². The Hall–Kier alpha value is -6.80. The van der Waals surface area contributed by atoms with Crippen molar-refractivity contribution in [3.8, 4) is 0 Å². The molecule has 0 saturated heterocycles. The topological polar surface area (TPSA) is 217 Å². The molecule has 0 spiro atoms.